The number of pyridine rings is 2. The van der Waals surface area contributed by atoms with Gasteiger partial charge in [0.1, 0.15) is 0 Å². The molecule has 6 aromatic rings. The highest BCUT2D eigenvalue weighted by Crippen LogP contribution is 2.31. The van der Waals surface area contributed by atoms with Crippen molar-refractivity contribution in [3.05, 3.63) is 66.6 Å². The van der Waals surface area contributed by atoms with Gasteiger partial charge in [-0.1, -0.05) is 0 Å². The topological polar surface area (TPSA) is 114 Å². The molecule has 1 saturated heterocycles. The summed E-state index contributed by atoms with van der Waals surface area (Å²) in [6.45, 7) is 5.47. The third-order valence-corrected chi connectivity index (χ3v) is 6.83. The van der Waals surface area contributed by atoms with Gasteiger partial charge in [-0.2, -0.15) is 20.4 Å². The van der Waals surface area contributed by atoms with Crippen LogP contribution < -0.4 is 0 Å². The molecule has 0 N–H and O–H groups in total. The quantitative estimate of drug-likeness (QED) is 0.366. The van der Waals surface area contributed by atoms with Crippen molar-refractivity contribution in [1.82, 2.24) is 49.3 Å². The number of nitrogens with zero attached hydrogens (tertiary/aromatic N) is 10. The maximum atomic E-state index is 5.50. The Bertz CT molecular complexity index is 1760. The van der Waals surface area contributed by atoms with Gasteiger partial charge >= 0.3 is 0 Å². The zero-order chi connectivity index (χ0) is 24.9. The Morgan fingerprint density at radius 2 is 1.81 bits per heavy atom. The first-order chi connectivity index (χ1) is 18.1. The van der Waals surface area contributed by atoms with Gasteiger partial charge < -0.3 is 4.74 Å². The van der Waals surface area contributed by atoms with E-state index >= 15 is 0 Å². The number of aromatic nitrogens is 10. The zero-order valence-electron chi connectivity index (χ0n) is 20.5. The summed E-state index contributed by atoms with van der Waals surface area (Å²) in [5.41, 5.74) is 6.98. The average molecular weight is 493 g/mol. The van der Waals surface area contributed by atoms with Crippen LogP contribution in [0.15, 0.2) is 55.2 Å². The Balaban J connectivity index is 1.27. The standard InChI is InChI=1S/C26H24N10O/c1-16-12-30-36(32-16)24-4-3-21-20(5-8-27-26(21)31-24)23-14-28-25-11-22(17(2)33-35(23)25)18-13-29-34(15-18)19-6-9-37-10-7-19/h3-5,8,11-15,19H,6-7,9-10H2,1-2H3. The number of hydrogen-bond donors (Lipinski definition) is 0. The van der Waals surface area contributed by atoms with Gasteiger partial charge in [-0.05, 0) is 51.0 Å². The largest absolute Gasteiger partial charge is 0.381 e. The van der Waals surface area contributed by atoms with E-state index in [1.54, 1.807) is 12.4 Å². The molecule has 0 aromatic carbocycles. The molecule has 37 heavy (non-hydrogen) atoms. The Morgan fingerprint density at radius 3 is 2.65 bits per heavy atom. The van der Waals surface area contributed by atoms with Crippen LogP contribution in [0.2, 0.25) is 0 Å². The molecule has 0 unspecified atom stereocenters. The molecule has 0 radical (unpaired) electrons. The first-order valence-corrected chi connectivity index (χ1v) is 12.3. The lowest BCUT2D eigenvalue weighted by Crippen LogP contribution is -2.19. The predicted molar refractivity (Wildman–Crippen MR) is 136 cm³/mol. The van der Waals surface area contributed by atoms with Crippen LogP contribution in [0.1, 0.15) is 30.3 Å². The predicted octanol–water partition coefficient (Wildman–Crippen LogP) is 3.75. The van der Waals surface area contributed by atoms with Crippen LogP contribution in [0.5, 0.6) is 0 Å². The molecule has 0 spiro atoms. The normalized spacial score (nSPS) is 14.6. The Hall–Kier alpha value is -4.51. The minimum Gasteiger partial charge on any atom is -0.381 e. The van der Waals surface area contributed by atoms with Crippen LogP contribution in [-0.4, -0.2) is 62.6 Å². The fourth-order valence-corrected chi connectivity index (χ4v) is 4.91. The monoisotopic (exact) mass is 492 g/mol. The summed E-state index contributed by atoms with van der Waals surface area (Å²) in [5.74, 6) is 0.614. The summed E-state index contributed by atoms with van der Waals surface area (Å²) < 4.78 is 9.43. The molecule has 1 aliphatic rings. The van der Waals surface area contributed by atoms with E-state index in [2.05, 4.69) is 47.2 Å². The van der Waals surface area contributed by atoms with Crippen molar-refractivity contribution in [3.8, 4) is 28.2 Å². The van der Waals surface area contributed by atoms with Crippen molar-refractivity contribution in [3.63, 3.8) is 0 Å². The summed E-state index contributed by atoms with van der Waals surface area (Å²) in [5, 5.41) is 19.1. The highest BCUT2D eigenvalue weighted by atomic mass is 16.5. The number of hydrogen-bond acceptors (Lipinski definition) is 8. The second kappa shape index (κ2) is 8.56. The Kier molecular flexibility index (Phi) is 5.03. The van der Waals surface area contributed by atoms with Gasteiger partial charge in [-0.3, -0.25) is 4.68 Å². The smallest absolute Gasteiger partial charge is 0.176 e. The third kappa shape index (κ3) is 3.75. The van der Waals surface area contributed by atoms with E-state index in [1.165, 1.54) is 4.80 Å². The highest BCUT2D eigenvalue weighted by molar-refractivity contribution is 5.92. The van der Waals surface area contributed by atoms with Gasteiger partial charge in [0, 0.05) is 47.7 Å². The minimum absolute atomic E-state index is 0.375. The van der Waals surface area contributed by atoms with Crippen LogP contribution in [0.3, 0.4) is 0 Å². The molecule has 0 bridgehead atoms. The fourth-order valence-electron chi connectivity index (χ4n) is 4.91. The highest BCUT2D eigenvalue weighted by Gasteiger charge is 2.19. The zero-order valence-corrected chi connectivity index (χ0v) is 20.5. The summed E-state index contributed by atoms with van der Waals surface area (Å²) in [4.78, 5) is 15.4. The molecule has 0 amide bonds. The Morgan fingerprint density at radius 1 is 0.919 bits per heavy atom. The van der Waals surface area contributed by atoms with Crippen molar-refractivity contribution < 1.29 is 4.74 Å². The van der Waals surface area contributed by atoms with Crippen molar-refractivity contribution >= 4 is 16.7 Å². The first-order valence-electron chi connectivity index (χ1n) is 12.3. The maximum Gasteiger partial charge on any atom is 0.176 e. The van der Waals surface area contributed by atoms with Crippen LogP contribution in [-0.2, 0) is 4.74 Å². The molecule has 0 aliphatic carbocycles. The van der Waals surface area contributed by atoms with Crippen molar-refractivity contribution in [2.75, 3.05) is 13.2 Å². The van der Waals surface area contributed by atoms with E-state index < -0.39 is 0 Å². The average Bonchev–Trinajstić information content (AvgIpc) is 3.68. The molecule has 184 valence electrons. The lowest BCUT2D eigenvalue weighted by Gasteiger charge is -2.22. The summed E-state index contributed by atoms with van der Waals surface area (Å²) >= 11 is 0. The van der Waals surface area contributed by atoms with Gasteiger partial charge in [0.05, 0.1) is 41.7 Å². The van der Waals surface area contributed by atoms with Crippen LogP contribution in [0, 0.1) is 13.8 Å². The molecule has 7 heterocycles. The SMILES string of the molecule is Cc1cnn(-c2ccc3c(-c4cnc5cc(-c6cnn(C7CCOCC7)c6)c(C)nn45)ccnc3n2)n1. The van der Waals surface area contributed by atoms with Gasteiger partial charge in [0.2, 0.25) is 0 Å². The van der Waals surface area contributed by atoms with E-state index in [4.69, 9.17) is 9.84 Å². The molecule has 0 saturated carbocycles. The molecule has 11 nitrogen and oxygen atoms in total. The van der Waals surface area contributed by atoms with Crippen LogP contribution >= 0.6 is 0 Å². The first kappa shape index (κ1) is 21.7. The molecule has 7 rings (SSSR count). The Labute approximate surface area is 211 Å². The number of aryl methyl sites for hydroxylation is 2. The third-order valence-electron chi connectivity index (χ3n) is 6.83. The van der Waals surface area contributed by atoms with Gasteiger partial charge in [-0.15, -0.1) is 4.80 Å². The lowest BCUT2D eigenvalue weighted by atomic mass is 10.1. The van der Waals surface area contributed by atoms with E-state index in [-0.39, 0.29) is 0 Å². The fraction of sp³-hybridized carbons (Fsp3) is 0.269. The molecule has 11 heteroatoms. The minimum atomic E-state index is 0.375. The second-order valence-corrected chi connectivity index (χ2v) is 9.28. The van der Waals surface area contributed by atoms with Crippen LogP contribution in [0.25, 0.3) is 44.9 Å². The van der Waals surface area contributed by atoms with Crippen molar-refractivity contribution in [2.24, 2.45) is 0 Å². The summed E-state index contributed by atoms with van der Waals surface area (Å²) in [6.07, 6.45) is 11.3. The molecule has 0 atom stereocenters. The van der Waals surface area contributed by atoms with Gasteiger partial charge in [0.15, 0.2) is 17.1 Å². The van der Waals surface area contributed by atoms with E-state index in [0.29, 0.717) is 17.5 Å². The second-order valence-electron chi connectivity index (χ2n) is 9.28. The number of ether oxygens (including phenoxy) is 1. The van der Waals surface area contributed by atoms with Gasteiger partial charge in [0.25, 0.3) is 0 Å². The molecular weight excluding hydrogens is 468 g/mol. The number of imidazole rings is 1. The van der Waals surface area contributed by atoms with Gasteiger partial charge in [-0.25, -0.2) is 19.5 Å². The number of rotatable bonds is 4. The molecular formula is C26H24N10O. The van der Waals surface area contributed by atoms with E-state index in [1.807, 2.05) is 49.0 Å². The summed E-state index contributed by atoms with van der Waals surface area (Å²) in [6, 6.07) is 8.29. The van der Waals surface area contributed by atoms with Crippen molar-refractivity contribution in [1.29, 1.82) is 0 Å². The molecule has 1 aliphatic heterocycles. The van der Waals surface area contributed by atoms with E-state index in [9.17, 15) is 0 Å². The van der Waals surface area contributed by atoms with Crippen molar-refractivity contribution in [2.45, 2.75) is 32.7 Å². The van der Waals surface area contributed by atoms with E-state index in [0.717, 1.165) is 70.9 Å². The number of fused-ring (bicyclic) bond motifs is 2. The summed E-state index contributed by atoms with van der Waals surface area (Å²) in [7, 11) is 0. The lowest BCUT2D eigenvalue weighted by molar-refractivity contribution is 0.0662. The maximum absolute atomic E-state index is 5.50. The molecule has 1 fully saturated rings. The van der Waals surface area contributed by atoms with Crippen LogP contribution in [0.4, 0.5) is 0 Å². The molecule has 6 aromatic heterocycles.